The molecule has 0 atom stereocenters. The fourth-order valence-electron chi connectivity index (χ4n) is 2.52. The fraction of sp³-hybridized carbons (Fsp3) is 0.533. The van der Waals surface area contributed by atoms with Gasteiger partial charge in [-0.3, -0.25) is 4.79 Å². The maximum Gasteiger partial charge on any atom is 0.255 e. The Morgan fingerprint density at radius 1 is 1.32 bits per heavy atom. The topological polar surface area (TPSA) is 38.3 Å². The Labute approximate surface area is 122 Å². The zero-order chi connectivity index (χ0) is 13.8. The summed E-state index contributed by atoms with van der Waals surface area (Å²) < 4.78 is 6.17. The van der Waals surface area contributed by atoms with Crippen LogP contribution in [0.1, 0.15) is 43.0 Å². The molecule has 0 saturated heterocycles. The van der Waals surface area contributed by atoms with Crippen molar-refractivity contribution in [3.8, 4) is 5.75 Å². The Morgan fingerprint density at radius 2 is 2.00 bits per heavy atom. The van der Waals surface area contributed by atoms with Crippen molar-refractivity contribution in [1.82, 2.24) is 5.32 Å². The molecule has 1 aliphatic carbocycles. The van der Waals surface area contributed by atoms with Crippen LogP contribution in [0.15, 0.2) is 22.7 Å². The van der Waals surface area contributed by atoms with Crippen LogP contribution in [0, 0.1) is 5.92 Å². The van der Waals surface area contributed by atoms with E-state index in [-0.39, 0.29) is 5.91 Å². The molecule has 1 aromatic rings. The summed E-state index contributed by atoms with van der Waals surface area (Å²) >= 11 is 3.38. The standard InChI is InChI=1S/C15H20BrNO2/c1-10-3-6-12(7-4-10)17-15(18)13-8-5-11(16)9-14(13)19-2/h5,8-10,12H,3-4,6-7H2,1-2H3,(H,17,18). The van der Waals surface area contributed by atoms with Crippen LogP contribution in [0.4, 0.5) is 0 Å². The Hall–Kier alpha value is -1.03. The lowest BCUT2D eigenvalue weighted by molar-refractivity contribution is 0.0920. The first-order valence-corrected chi connectivity index (χ1v) is 7.54. The molecule has 0 spiro atoms. The van der Waals surface area contributed by atoms with Gasteiger partial charge in [-0.1, -0.05) is 22.9 Å². The van der Waals surface area contributed by atoms with E-state index in [1.165, 1.54) is 12.8 Å². The number of halogens is 1. The first-order valence-electron chi connectivity index (χ1n) is 6.74. The van der Waals surface area contributed by atoms with Gasteiger partial charge in [0.15, 0.2) is 0 Å². The van der Waals surface area contributed by atoms with E-state index in [2.05, 4.69) is 28.2 Å². The number of hydrogen-bond acceptors (Lipinski definition) is 2. The molecule has 104 valence electrons. The van der Waals surface area contributed by atoms with Gasteiger partial charge in [-0.15, -0.1) is 0 Å². The van der Waals surface area contributed by atoms with Gasteiger partial charge in [0.1, 0.15) is 5.75 Å². The third kappa shape index (κ3) is 3.72. The third-order valence-corrected chi connectivity index (χ3v) is 4.25. The van der Waals surface area contributed by atoms with E-state index in [0.29, 0.717) is 17.4 Å². The summed E-state index contributed by atoms with van der Waals surface area (Å²) in [5, 5.41) is 3.12. The SMILES string of the molecule is COc1cc(Br)ccc1C(=O)NC1CCC(C)CC1. The van der Waals surface area contributed by atoms with Crippen molar-refractivity contribution in [2.75, 3.05) is 7.11 Å². The van der Waals surface area contributed by atoms with Gasteiger partial charge in [0.05, 0.1) is 12.7 Å². The van der Waals surface area contributed by atoms with Gasteiger partial charge in [-0.2, -0.15) is 0 Å². The van der Waals surface area contributed by atoms with E-state index < -0.39 is 0 Å². The lowest BCUT2D eigenvalue weighted by Crippen LogP contribution is -2.37. The summed E-state index contributed by atoms with van der Waals surface area (Å²) in [4.78, 5) is 12.3. The van der Waals surface area contributed by atoms with Crippen molar-refractivity contribution >= 4 is 21.8 Å². The van der Waals surface area contributed by atoms with Crippen molar-refractivity contribution < 1.29 is 9.53 Å². The molecule has 0 heterocycles. The van der Waals surface area contributed by atoms with E-state index in [4.69, 9.17) is 4.74 Å². The van der Waals surface area contributed by atoms with E-state index in [0.717, 1.165) is 23.2 Å². The normalized spacial score (nSPS) is 22.9. The zero-order valence-electron chi connectivity index (χ0n) is 11.4. The number of nitrogens with one attached hydrogen (secondary N) is 1. The van der Waals surface area contributed by atoms with Gasteiger partial charge >= 0.3 is 0 Å². The van der Waals surface area contributed by atoms with Crippen molar-refractivity contribution in [3.05, 3.63) is 28.2 Å². The summed E-state index contributed by atoms with van der Waals surface area (Å²) in [6.45, 7) is 2.27. The molecule has 2 rings (SSSR count). The molecule has 0 radical (unpaired) electrons. The molecule has 0 aliphatic heterocycles. The molecule has 0 aromatic heterocycles. The highest BCUT2D eigenvalue weighted by Crippen LogP contribution is 2.26. The van der Waals surface area contributed by atoms with Gasteiger partial charge in [0.25, 0.3) is 5.91 Å². The van der Waals surface area contributed by atoms with Gasteiger partial charge in [0, 0.05) is 10.5 Å². The summed E-state index contributed by atoms with van der Waals surface area (Å²) in [6, 6.07) is 5.78. The lowest BCUT2D eigenvalue weighted by atomic mass is 9.87. The minimum atomic E-state index is -0.0381. The number of amides is 1. The number of rotatable bonds is 3. The van der Waals surface area contributed by atoms with Gasteiger partial charge in [-0.25, -0.2) is 0 Å². The summed E-state index contributed by atoms with van der Waals surface area (Å²) in [5.74, 6) is 1.36. The lowest BCUT2D eigenvalue weighted by Gasteiger charge is -2.27. The summed E-state index contributed by atoms with van der Waals surface area (Å²) in [5.41, 5.74) is 0.601. The van der Waals surface area contributed by atoms with Gasteiger partial charge < -0.3 is 10.1 Å². The fourth-order valence-corrected chi connectivity index (χ4v) is 2.86. The highest BCUT2D eigenvalue weighted by atomic mass is 79.9. The molecule has 19 heavy (non-hydrogen) atoms. The molecule has 1 aromatic carbocycles. The average Bonchev–Trinajstić information content (AvgIpc) is 2.41. The van der Waals surface area contributed by atoms with Crippen molar-refractivity contribution in [2.24, 2.45) is 5.92 Å². The smallest absolute Gasteiger partial charge is 0.255 e. The van der Waals surface area contributed by atoms with Crippen LogP contribution in [0.2, 0.25) is 0 Å². The molecule has 3 nitrogen and oxygen atoms in total. The van der Waals surface area contributed by atoms with E-state index in [1.54, 1.807) is 13.2 Å². The van der Waals surface area contributed by atoms with Crippen LogP contribution < -0.4 is 10.1 Å². The maximum absolute atomic E-state index is 12.3. The average molecular weight is 326 g/mol. The molecular weight excluding hydrogens is 306 g/mol. The molecule has 1 saturated carbocycles. The molecule has 1 N–H and O–H groups in total. The van der Waals surface area contributed by atoms with Crippen LogP contribution in [0.5, 0.6) is 5.75 Å². The van der Waals surface area contributed by atoms with Gasteiger partial charge in [-0.05, 0) is 49.8 Å². The minimum absolute atomic E-state index is 0.0381. The predicted molar refractivity (Wildman–Crippen MR) is 79.6 cm³/mol. The number of carbonyl (C=O) groups excluding carboxylic acids is 1. The zero-order valence-corrected chi connectivity index (χ0v) is 13.0. The summed E-state index contributed by atoms with van der Waals surface area (Å²) in [7, 11) is 1.58. The van der Waals surface area contributed by atoms with Crippen LogP contribution in [0.25, 0.3) is 0 Å². The second-order valence-electron chi connectivity index (χ2n) is 5.27. The third-order valence-electron chi connectivity index (χ3n) is 3.76. The molecule has 1 fully saturated rings. The van der Waals surface area contributed by atoms with Crippen molar-refractivity contribution in [2.45, 2.75) is 38.6 Å². The molecule has 0 unspecified atom stereocenters. The molecule has 0 bridgehead atoms. The van der Waals surface area contributed by atoms with Crippen LogP contribution in [-0.4, -0.2) is 19.1 Å². The monoisotopic (exact) mass is 325 g/mol. The largest absolute Gasteiger partial charge is 0.496 e. The van der Waals surface area contributed by atoms with Crippen molar-refractivity contribution in [1.29, 1.82) is 0 Å². The number of hydrogen-bond donors (Lipinski definition) is 1. The second kappa shape index (κ2) is 6.42. The Morgan fingerprint density at radius 3 is 2.63 bits per heavy atom. The van der Waals surface area contributed by atoms with Crippen LogP contribution >= 0.6 is 15.9 Å². The number of benzene rings is 1. The Kier molecular flexibility index (Phi) is 4.86. The number of ether oxygens (including phenoxy) is 1. The first kappa shape index (κ1) is 14.4. The van der Waals surface area contributed by atoms with Gasteiger partial charge in [0.2, 0.25) is 0 Å². The Bertz CT molecular complexity index is 453. The maximum atomic E-state index is 12.3. The van der Waals surface area contributed by atoms with Crippen molar-refractivity contribution in [3.63, 3.8) is 0 Å². The van der Waals surface area contributed by atoms with E-state index in [1.807, 2.05) is 12.1 Å². The molecule has 1 aliphatic rings. The van der Waals surface area contributed by atoms with Crippen LogP contribution in [0.3, 0.4) is 0 Å². The van der Waals surface area contributed by atoms with E-state index in [9.17, 15) is 4.79 Å². The second-order valence-corrected chi connectivity index (χ2v) is 6.19. The molecule has 1 amide bonds. The van der Waals surface area contributed by atoms with Crippen LogP contribution in [-0.2, 0) is 0 Å². The molecule has 4 heteroatoms. The summed E-state index contributed by atoms with van der Waals surface area (Å²) in [6.07, 6.45) is 4.54. The highest BCUT2D eigenvalue weighted by molar-refractivity contribution is 9.10. The van der Waals surface area contributed by atoms with E-state index >= 15 is 0 Å². The predicted octanol–water partition coefficient (Wildman–Crippen LogP) is 3.77. The quantitative estimate of drug-likeness (QED) is 0.918. The first-order chi connectivity index (χ1) is 9.10. The Balaban J connectivity index is 2.03. The number of methoxy groups -OCH3 is 1. The number of carbonyl (C=O) groups is 1. The minimum Gasteiger partial charge on any atom is -0.496 e. The highest BCUT2D eigenvalue weighted by Gasteiger charge is 2.21. The molecular formula is C15H20BrNO2.